The highest BCUT2D eigenvalue weighted by atomic mass is 32.2. The van der Waals surface area contributed by atoms with Gasteiger partial charge in [-0.15, -0.1) is 0 Å². The van der Waals surface area contributed by atoms with Crippen LogP contribution in [0.3, 0.4) is 0 Å². The highest BCUT2D eigenvalue weighted by molar-refractivity contribution is 7.86. The predicted molar refractivity (Wildman–Crippen MR) is 130 cm³/mol. The third-order valence-electron chi connectivity index (χ3n) is 5.60. The zero-order chi connectivity index (χ0) is 25.9. The maximum atomic E-state index is 9.62. The number of nitrogens with zero attached hydrogens (tertiary/aromatic N) is 1. The third-order valence-corrected chi connectivity index (χ3v) is 6.21. The average molecular weight is 506 g/mol. The lowest BCUT2D eigenvalue weighted by Crippen LogP contribution is -2.26. The van der Waals surface area contributed by atoms with Crippen molar-refractivity contribution in [3.05, 3.63) is 52.7 Å². The quantitative estimate of drug-likeness (QED) is 0.562. The van der Waals surface area contributed by atoms with E-state index in [-0.39, 0.29) is 6.04 Å². The van der Waals surface area contributed by atoms with E-state index < -0.39 is 21.8 Å². The van der Waals surface area contributed by atoms with Crippen molar-refractivity contribution in [2.45, 2.75) is 13.0 Å². The van der Waals surface area contributed by atoms with E-state index >= 15 is 0 Å². The van der Waals surface area contributed by atoms with Gasteiger partial charge < -0.3 is 29.0 Å². The molecule has 2 N–H and O–H groups in total. The topological polar surface area (TPSA) is 132 Å². The van der Waals surface area contributed by atoms with Gasteiger partial charge in [0.1, 0.15) is 0 Å². The molecular formula is C24H27NO9S. The minimum absolute atomic E-state index is 0.164. The van der Waals surface area contributed by atoms with Crippen molar-refractivity contribution in [3.8, 4) is 23.0 Å². The summed E-state index contributed by atoms with van der Waals surface area (Å²) < 4.78 is 49.2. The van der Waals surface area contributed by atoms with Crippen molar-refractivity contribution in [1.82, 2.24) is 4.90 Å². The highest BCUT2D eigenvalue weighted by Crippen LogP contribution is 2.48. The van der Waals surface area contributed by atoms with Gasteiger partial charge in [-0.25, -0.2) is 0 Å². The molecule has 0 saturated heterocycles. The molecule has 0 saturated carbocycles. The van der Waals surface area contributed by atoms with Gasteiger partial charge in [-0.1, -0.05) is 6.07 Å². The summed E-state index contributed by atoms with van der Waals surface area (Å²) in [6.07, 6.45) is 6.38. The van der Waals surface area contributed by atoms with Crippen molar-refractivity contribution >= 4 is 33.9 Å². The van der Waals surface area contributed by atoms with Crippen LogP contribution in [-0.2, 0) is 14.9 Å². The van der Waals surface area contributed by atoms with E-state index in [1.165, 1.54) is 5.56 Å². The van der Waals surface area contributed by atoms with Crippen molar-refractivity contribution in [2.24, 2.45) is 0 Å². The average Bonchev–Trinajstić information content (AvgIpc) is 2.81. The lowest BCUT2D eigenvalue weighted by atomic mass is 9.88. The zero-order valence-electron chi connectivity index (χ0n) is 19.9. The number of fused-ring (bicyclic) bond motifs is 4. The molecule has 10 nitrogen and oxygen atoms in total. The molecule has 0 spiro atoms. The van der Waals surface area contributed by atoms with Gasteiger partial charge in [0.25, 0.3) is 10.1 Å². The molecule has 11 heteroatoms. The summed E-state index contributed by atoms with van der Waals surface area (Å²) in [6, 6.07) is 8.26. The molecule has 0 bridgehead atoms. The second-order valence-corrected chi connectivity index (χ2v) is 9.10. The molecule has 2 heterocycles. The molecule has 0 fully saturated rings. The Labute approximate surface area is 203 Å². The van der Waals surface area contributed by atoms with Crippen LogP contribution < -0.4 is 18.9 Å². The van der Waals surface area contributed by atoms with Gasteiger partial charge in [0.05, 0.1) is 34.5 Å². The smallest absolute Gasteiger partial charge is 0.321 e. The zero-order valence-corrected chi connectivity index (χ0v) is 20.8. The van der Waals surface area contributed by atoms with Crippen molar-refractivity contribution < 1.29 is 41.8 Å². The number of carboxylic acids is 1. The van der Waals surface area contributed by atoms with Gasteiger partial charge in [0.2, 0.25) is 0 Å². The van der Waals surface area contributed by atoms with Gasteiger partial charge >= 0.3 is 5.97 Å². The fraction of sp³-hybridized carbons (Fsp3) is 0.292. The molecular weight excluding hydrogens is 478 g/mol. The first-order valence-corrected chi connectivity index (χ1v) is 12.0. The van der Waals surface area contributed by atoms with E-state index in [2.05, 4.69) is 36.2 Å². The Morgan fingerprint density at radius 2 is 1.63 bits per heavy atom. The van der Waals surface area contributed by atoms with Crippen LogP contribution in [0.2, 0.25) is 0 Å². The number of benzene rings is 2. The van der Waals surface area contributed by atoms with Crippen LogP contribution in [-0.4, -0.2) is 63.1 Å². The molecule has 0 aromatic heterocycles. The number of methoxy groups -OCH3 is 4. The maximum Gasteiger partial charge on any atom is 0.321 e. The Morgan fingerprint density at radius 3 is 2.14 bits per heavy atom. The largest absolute Gasteiger partial charge is 0.493 e. The summed E-state index contributed by atoms with van der Waals surface area (Å²) in [5.74, 6) is 0.125. The maximum absolute atomic E-state index is 9.62. The lowest BCUT2D eigenvalue weighted by Gasteiger charge is -2.38. The molecule has 0 aliphatic carbocycles. The molecule has 188 valence electrons. The summed E-state index contributed by atoms with van der Waals surface area (Å²) in [5, 5.41) is 7.71. The number of hydrogen-bond donors (Lipinski definition) is 2. The predicted octanol–water partition coefficient (Wildman–Crippen LogP) is 3.54. The molecule has 0 amide bonds. The summed E-state index contributed by atoms with van der Waals surface area (Å²) >= 11 is 0. The highest BCUT2D eigenvalue weighted by Gasteiger charge is 2.31. The molecule has 2 aliphatic heterocycles. The standard InChI is InChI=1S/C22H23NO4.C2H4O5S/c1-13-15-6-7-19(24-2)22(27-5)17(15)11-18-16-12-21(26-4)20(25-3)10-14(16)8-9-23(13)18;3-2(4)1-8(5,6)7/h6-13H,1-5H3;1H2,(H,3,4)(H,5,6,7). The molecule has 4 rings (SSSR count). The summed E-state index contributed by atoms with van der Waals surface area (Å²) in [6.45, 7) is 2.19. The van der Waals surface area contributed by atoms with Crippen LogP contribution in [0.5, 0.6) is 23.0 Å². The van der Waals surface area contributed by atoms with Crippen LogP contribution in [0.1, 0.15) is 35.2 Å². The Morgan fingerprint density at radius 1 is 1.00 bits per heavy atom. The first kappa shape index (κ1) is 25.9. The Kier molecular flexibility index (Phi) is 7.61. The molecule has 2 aliphatic rings. The Bertz CT molecular complexity index is 1300. The van der Waals surface area contributed by atoms with E-state index in [0.29, 0.717) is 5.75 Å². The number of rotatable bonds is 6. The molecule has 1 atom stereocenters. The second-order valence-electron chi connectivity index (χ2n) is 7.65. The van der Waals surface area contributed by atoms with E-state index in [0.717, 1.165) is 39.6 Å². The number of carbonyl (C=O) groups is 1. The number of carboxylic acid groups (broad SMARTS) is 1. The SMILES string of the molecule is COc1cc2c(cc1OC)C1=Cc3c(ccc(OC)c3OC)C(C)N1C=C2.O=C(O)CS(=O)(=O)O. The summed E-state index contributed by atoms with van der Waals surface area (Å²) in [5.41, 5.74) is 5.53. The van der Waals surface area contributed by atoms with Crippen LogP contribution in [0, 0.1) is 0 Å². The minimum atomic E-state index is -4.32. The van der Waals surface area contributed by atoms with Gasteiger partial charge in [-0.2, -0.15) is 8.42 Å². The van der Waals surface area contributed by atoms with Crippen LogP contribution in [0.15, 0.2) is 30.5 Å². The van der Waals surface area contributed by atoms with Crippen LogP contribution >= 0.6 is 0 Å². The molecule has 35 heavy (non-hydrogen) atoms. The first-order chi connectivity index (χ1) is 16.5. The molecule has 2 aromatic carbocycles. The van der Waals surface area contributed by atoms with Gasteiger partial charge in [-0.3, -0.25) is 9.35 Å². The normalized spacial score (nSPS) is 15.4. The third kappa shape index (κ3) is 5.36. The lowest BCUT2D eigenvalue weighted by molar-refractivity contribution is -0.134. The molecule has 1 unspecified atom stereocenters. The Balaban J connectivity index is 0.000000371. The summed E-state index contributed by atoms with van der Waals surface area (Å²) in [7, 11) is 2.32. The second kappa shape index (κ2) is 10.3. The van der Waals surface area contributed by atoms with Crippen molar-refractivity contribution in [1.29, 1.82) is 0 Å². The van der Waals surface area contributed by atoms with E-state index in [1.54, 1.807) is 28.4 Å². The fourth-order valence-electron chi connectivity index (χ4n) is 4.05. The van der Waals surface area contributed by atoms with Crippen LogP contribution in [0.4, 0.5) is 0 Å². The van der Waals surface area contributed by atoms with Crippen molar-refractivity contribution in [2.75, 3.05) is 34.2 Å². The molecule has 0 radical (unpaired) electrons. The fourth-order valence-corrected chi connectivity index (χ4v) is 4.36. The van der Waals surface area contributed by atoms with E-state index in [1.807, 2.05) is 18.2 Å². The first-order valence-electron chi connectivity index (χ1n) is 10.4. The monoisotopic (exact) mass is 505 g/mol. The number of hydrogen-bond acceptors (Lipinski definition) is 8. The van der Waals surface area contributed by atoms with E-state index in [9.17, 15) is 13.2 Å². The summed E-state index contributed by atoms with van der Waals surface area (Å²) in [4.78, 5) is 11.7. The number of aliphatic carboxylic acids is 1. The number of ether oxygens (including phenoxy) is 4. The molecule has 2 aromatic rings. The van der Waals surface area contributed by atoms with Gasteiger partial charge in [0.15, 0.2) is 28.8 Å². The Hall–Kier alpha value is -3.70. The van der Waals surface area contributed by atoms with Gasteiger partial charge in [-0.05, 0) is 48.4 Å². The van der Waals surface area contributed by atoms with Crippen molar-refractivity contribution in [3.63, 3.8) is 0 Å². The van der Waals surface area contributed by atoms with E-state index in [4.69, 9.17) is 28.6 Å². The van der Waals surface area contributed by atoms with Crippen LogP contribution in [0.25, 0.3) is 17.8 Å². The van der Waals surface area contributed by atoms with Gasteiger partial charge in [0, 0.05) is 23.0 Å². The minimum Gasteiger partial charge on any atom is -0.493 e.